The van der Waals surface area contributed by atoms with E-state index in [9.17, 15) is 0 Å². The number of methoxy groups -OCH3 is 2. The molecule has 0 atom stereocenters. The largest absolute Gasteiger partial charge is 0.497 e. The molecule has 0 fully saturated rings. The number of unbranched alkanes of at least 4 members (excludes halogenated alkanes) is 15. The lowest BCUT2D eigenvalue weighted by Crippen LogP contribution is -2.21. The Kier molecular flexibility index (Phi) is 16.8. The third-order valence-electron chi connectivity index (χ3n) is 7.77. The predicted molar refractivity (Wildman–Crippen MR) is 179 cm³/mol. The van der Waals surface area contributed by atoms with Crippen LogP contribution in [0.3, 0.4) is 0 Å². The molecule has 0 amide bonds. The number of hydrogen-bond acceptors (Lipinski definition) is 8. The van der Waals surface area contributed by atoms with E-state index >= 15 is 0 Å². The van der Waals surface area contributed by atoms with Crippen molar-refractivity contribution in [1.82, 2.24) is 15.0 Å². The molecule has 242 valence electrons. The number of aromatic nitrogens is 3. The Morgan fingerprint density at radius 3 is 1.32 bits per heavy atom. The van der Waals surface area contributed by atoms with Crippen LogP contribution in [0.4, 0.5) is 5.95 Å². The van der Waals surface area contributed by atoms with Gasteiger partial charge in [-0.15, -0.1) is 4.98 Å². The van der Waals surface area contributed by atoms with Crippen LogP contribution in [0.25, 0.3) is 0 Å². The first-order chi connectivity index (χ1) is 21.6. The van der Waals surface area contributed by atoms with Crippen molar-refractivity contribution < 1.29 is 18.9 Å². The third-order valence-corrected chi connectivity index (χ3v) is 7.77. The van der Waals surface area contributed by atoms with Crippen LogP contribution in [-0.2, 0) is 0 Å². The van der Waals surface area contributed by atoms with Gasteiger partial charge in [0.2, 0.25) is 5.95 Å². The van der Waals surface area contributed by atoms with Crippen molar-refractivity contribution in [1.29, 1.82) is 0 Å². The lowest BCUT2D eigenvalue weighted by Gasteiger charge is -2.18. The van der Waals surface area contributed by atoms with Gasteiger partial charge in [0.25, 0.3) is 0 Å². The summed E-state index contributed by atoms with van der Waals surface area (Å²) in [5.74, 6) is 3.00. The molecule has 1 heterocycles. The molecule has 8 heteroatoms. The Hall–Kier alpha value is -3.55. The van der Waals surface area contributed by atoms with Crippen LogP contribution in [0.5, 0.6) is 35.0 Å². The average Bonchev–Trinajstić information content (AvgIpc) is 3.04. The topological polar surface area (TPSA) is 78.8 Å². The summed E-state index contributed by atoms with van der Waals surface area (Å²) in [5.41, 5.74) is 0. The van der Waals surface area contributed by atoms with Crippen molar-refractivity contribution in [3.63, 3.8) is 0 Å². The summed E-state index contributed by atoms with van der Waals surface area (Å²) in [6, 6.07) is 15.0. The zero-order chi connectivity index (χ0) is 31.2. The number of anilines is 1. The van der Waals surface area contributed by atoms with Gasteiger partial charge in [-0.1, -0.05) is 115 Å². The van der Waals surface area contributed by atoms with Gasteiger partial charge in [-0.2, -0.15) is 9.97 Å². The molecule has 0 bridgehead atoms. The molecule has 0 spiro atoms. The number of ether oxygens (including phenoxy) is 4. The Labute approximate surface area is 265 Å². The van der Waals surface area contributed by atoms with E-state index in [1.165, 1.54) is 96.3 Å². The summed E-state index contributed by atoms with van der Waals surface area (Å²) >= 11 is 0. The maximum Gasteiger partial charge on any atom is 0.330 e. The normalized spacial score (nSPS) is 10.9. The van der Waals surface area contributed by atoms with Crippen molar-refractivity contribution in [2.45, 2.75) is 110 Å². The van der Waals surface area contributed by atoms with Crippen LogP contribution in [0, 0.1) is 0 Å². The van der Waals surface area contributed by atoms with Crippen LogP contribution in [-0.4, -0.2) is 42.8 Å². The van der Waals surface area contributed by atoms with Gasteiger partial charge >= 0.3 is 12.0 Å². The maximum absolute atomic E-state index is 6.00. The van der Waals surface area contributed by atoms with Crippen LogP contribution < -0.4 is 23.8 Å². The minimum atomic E-state index is 0.153. The highest BCUT2D eigenvalue weighted by Gasteiger charge is 2.15. The van der Waals surface area contributed by atoms with Crippen LogP contribution in [0.1, 0.15) is 110 Å². The van der Waals surface area contributed by atoms with Crippen molar-refractivity contribution in [3.05, 3.63) is 48.5 Å². The predicted octanol–water partition coefficient (Wildman–Crippen LogP) is 10.2. The van der Waals surface area contributed by atoms with E-state index in [4.69, 9.17) is 18.9 Å². The lowest BCUT2D eigenvalue weighted by atomic mass is 10.0. The van der Waals surface area contributed by atoms with E-state index in [-0.39, 0.29) is 12.0 Å². The van der Waals surface area contributed by atoms with Crippen molar-refractivity contribution in [3.8, 4) is 35.0 Å². The minimum absolute atomic E-state index is 0.153. The molecule has 0 N–H and O–H groups in total. The Morgan fingerprint density at radius 1 is 0.523 bits per heavy atom. The Balaban J connectivity index is 1.42. The third kappa shape index (κ3) is 13.8. The molecule has 0 saturated carbocycles. The van der Waals surface area contributed by atoms with Gasteiger partial charge < -0.3 is 23.8 Å². The zero-order valence-corrected chi connectivity index (χ0v) is 27.6. The van der Waals surface area contributed by atoms with Gasteiger partial charge in [0.15, 0.2) is 0 Å². The van der Waals surface area contributed by atoms with E-state index in [1.807, 2.05) is 48.3 Å². The van der Waals surface area contributed by atoms with E-state index in [0.717, 1.165) is 13.0 Å². The quantitative estimate of drug-likeness (QED) is 0.0932. The number of benzene rings is 2. The number of rotatable bonds is 24. The van der Waals surface area contributed by atoms with Crippen molar-refractivity contribution in [2.24, 2.45) is 0 Å². The zero-order valence-electron chi connectivity index (χ0n) is 27.6. The second kappa shape index (κ2) is 21.2. The van der Waals surface area contributed by atoms with Gasteiger partial charge in [0.1, 0.15) is 23.0 Å². The molecule has 0 unspecified atom stereocenters. The number of hydrogen-bond donors (Lipinski definition) is 0. The van der Waals surface area contributed by atoms with Gasteiger partial charge in [0.05, 0.1) is 14.2 Å². The van der Waals surface area contributed by atoms with Gasteiger partial charge in [-0.05, 0) is 30.7 Å². The summed E-state index contributed by atoms with van der Waals surface area (Å²) < 4.78 is 22.6. The molecular formula is C36H54N4O4. The standard InChI is InChI=1S/C36H54N4O4/c1-5-6-7-8-9-10-11-12-13-14-15-16-17-18-19-20-27-40(2)34-37-35(43-32-25-21-23-30(28-32)41-3)39-36(38-34)44-33-26-22-24-31(29-33)42-4/h21-26,28-29H,5-20,27H2,1-4H3. The summed E-state index contributed by atoms with van der Waals surface area (Å²) in [6.07, 6.45) is 21.6. The summed E-state index contributed by atoms with van der Waals surface area (Å²) in [4.78, 5) is 15.6. The van der Waals surface area contributed by atoms with E-state index in [2.05, 4.69) is 21.9 Å². The first kappa shape index (κ1) is 34.9. The highest BCUT2D eigenvalue weighted by atomic mass is 16.5. The average molecular weight is 607 g/mol. The fourth-order valence-electron chi connectivity index (χ4n) is 5.13. The monoisotopic (exact) mass is 606 g/mol. The first-order valence-electron chi connectivity index (χ1n) is 16.7. The number of nitrogens with zero attached hydrogens (tertiary/aromatic N) is 4. The molecular weight excluding hydrogens is 552 g/mol. The highest BCUT2D eigenvalue weighted by Crippen LogP contribution is 2.28. The van der Waals surface area contributed by atoms with Gasteiger partial charge in [-0.25, -0.2) is 0 Å². The van der Waals surface area contributed by atoms with Gasteiger partial charge in [-0.3, -0.25) is 0 Å². The highest BCUT2D eigenvalue weighted by molar-refractivity contribution is 5.38. The van der Waals surface area contributed by atoms with Crippen LogP contribution in [0.15, 0.2) is 48.5 Å². The molecule has 1 aromatic heterocycles. The minimum Gasteiger partial charge on any atom is -0.497 e. The molecule has 0 aliphatic rings. The maximum atomic E-state index is 6.00. The summed E-state index contributed by atoms with van der Waals surface area (Å²) in [5, 5.41) is 0. The second-order valence-electron chi connectivity index (χ2n) is 11.5. The summed E-state index contributed by atoms with van der Waals surface area (Å²) in [7, 11) is 5.23. The Morgan fingerprint density at radius 2 is 0.909 bits per heavy atom. The van der Waals surface area contributed by atoms with Crippen molar-refractivity contribution in [2.75, 3.05) is 32.7 Å². The first-order valence-corrected chi connectivity index (χ1v) is 16.7. The Bertz CT molecular complexity index is 1120. The summed E-state index contributed by atoms with van der Waals surface area (Å²) in [6.45, 7) is 3.12. The van der Waals surface area contributed by atoms with E-state index in [1.54, 1.807) is 26.4 Å². The molecule has 0 aliphatic heterocycles. The molecule has 8 nitrogen and oxygen atoms in total. The molecule has 3 rings (SSSR count). The van der Waals surface area contributed by atoms with Crippen molar-refractivity contribution >= 4 is 5.95 Å². The molecule has 0 saturated heterocycles. The smallest absolute Gasteiger partial charge is 0.330 e. The second-order valence-corrected chi connectivity index (χ2v) is 11.5. The lowest BCUT2D eigenvalue weighted by molar-refractivity contribution is 0.385. The molecule has 2 aromatic carbocycles. The van der Waals surface area contributed by atoms with E-state index in [0.29, 0.717) is 28.9 Å². The SMILES string of the molecule is CCCCCCCCCCCCCCCCCCN(C)c1nc(Oc2cccc(OC)c2)nc(Oc2cccc(OC)c2)n1. The van der Waals surface area contributed by atoms with Gasteiger partial charge in [0, 0.05) is 25.7 Å². The van der Waals surface area contributed by atoms with Crippen LogP contribution >= 0.6 is 0 Å². The molecule has 0 radical (unpaired) electrons. The molecule has 0 aliphatic carbocycles. The fraction of sp³-hybridized carbons (Fsp3) is 0.583. The fourth-order valence-corrected chi connectivity index (χ4v) is 5.13. The molecule has 44 heavy (non-hydrogen) atoms. The van der Waals surface area contributed by atoms with Crippen LogP contribution in [0.2, 0.25) is 0 Å². The molecule has 3 aromatic rings. The van der Waals surface area contributed by atoms with E-state index < -0.39 is 0 Å².